The first-order valence-corrected chi connectivity index (χ1v) is 11.7. The first-order chi connectivity index (χ1) is 13.8. The van der Waals surface area contributed by atoms with Crippen LogP contribution in [-0.2, 0) is 4.79 Å². The molecule has 1 atom stereocenters. The zero-order valence-electron chi connectivity index (χ0n) is 16.7. The van der Waals surface area contributed by atoms with Gasteiger partial charge in [0, 0.05) is 6.04 Å². The molecule has 0 spiro atoms. The van der Waals surface area contributed by atoms with Crippen molar-refractivity contribution in [2.45, 2.75) is 33.2 Å². The fraction of sp³-hybridized carbons (Fsp3) is 0.273. The zero-order chi connectivity index (χ0) is 21.1. The Balaban J connectivity index is 2.00. The van der Waals surface area contributed by atoms with Crippen molar-refractivity contribution in [3.63, 3.8) is 0 Å². The van der Waals surface area contributed by atoms with Crippen molar-refractivity contribution in [2.75, 3.05) is 7.11 Å². The molecule has 1 fully saturated rings. The Morgan fingerprint density at radius 2 is 1.83 bits per heavy atom. The number of benzene rings is 2. The molecule has 0 unspecified atom stereocenters. The van der Waals surface area contributed by atoms with Gasteiger partial charge in [0.05, 0.1) is 26.6 Å². The number of amides is 1. The molecule has 0 radical (unpaired) electrons. The topological polar surface area (TPSA) is 41.9 Å². The van der Waals surface area contributed by atoms with Gasteiger partial charge in [-0.15, -0.1) is 0 Å². The largest absolute Gasteiger partial charge is 0.494 e. The number of amidine groups is 1. The van der Waals surface area contributed by atoms with E-state index >= 15 is 0 Å². The lowest BCUT2D eigenvalue weighted by molar-refractivity contribution is -0.123. The molecule has 1 aliphatic heterocycles. The van der Waals surface area contributed by atoms with Gasteiger partial charge in [0.1, 0.15) is 5.75 Å². The van der Waals surface area contributed by atoms with Gasteiger partial charge in [-0.25, -0.2) is 4.99 Å². The molecule has 29 heavy (non-hydrogen) atoms. The van der Waals surface area contributed by atoms with E-state index in [1.54, 1.807) is 12.0 Å². The molecule has 0 bridgehead atoms. The van der Waals surface area contributed by atoms with Crippen LogP contribution in [0.5, 0.6) is 5.75 Å². The fourth-order valence-electron chi connectivity index (χ4n) is 2.87. The molecule has 0 aliphatic carbocycles. The maximum absolute atomic E-state index is 13.2. The Morgan fingerprint density at radius 1 is 1.21 bits per heavy atom. The fourth-order valence-corrected chi connectivity index (χ4v) is 5.51. The van der Waals surface area contributed by atoms with E-state index in [0.29, 0.717) is 10.1 Å². The van der Waals surface area contributed by atoms with E-state index in [2.05, 4.69) is 38.8 Å². The van der Waals surface area contributed by atoms with E-state index in [9.17, 15) is 4.79 Å². The third-order valence-corrected chi connectivity index (χ3v) is 6.81. The summed E-state index contributed by atoms with van der Waals surface area (Å²) in [5.74, 6) is 0.707. The summed E-state index contributed by atoms with van der Waals surface area (Å²) < 4.78 is 7.01. The lowest BCUT2D eigenvalue weighted by atomic mass is 10.2. The van der Waals surface area contributed by atoms with E-state index < -0.39 is 0 Å². The highest BCUT2D eigenvalue weighted by Gasteiger charge is 2.36. The van der Waals surface area contributed by atoms with Crippen molar-refractivity contribution in [1.82, 2.24) is 4.90 Å². The summed E-state index contributed by atoms with van der Waals surface area (Å²) >= 11 is 8.45. The van der Waals surface area contributed by atoms with Crippen molar-refractivity contribution in [3.05, 3.63) is 61.4 Å². The van der Waals surface area contributed by atoms with Crippen LogP contribution in [0.2, 0.25) is 0 Å². The van der Waals surface area contributed by atoms with Crippen LogP contribution < -0.4 is 4.74 Å². The molecule has 1 amide bonds. The highest BCUT2D eigenvalue weighted by atomic mass is 79.9. The third-order valence-electron chi connectivity index (χ3n) is 4.65. The number of thioether (sulfide) groups is 1. The average molecular weight is 538 g/mol. The van der Waals surface area contributed by atoms with Crippen molar-refractivity contribution >= 4 is 66.5 Å². The monoisotopic (exact) mass is 536 g/mol. The zero-order valence-corrected chi connectivity index (χ0v) is 20.7. The van der Waals surface area contributed by atoms with Gasteiger partial charge in [0.15, 0.2) is 5.17 Å². The quantitative estimate of drug-likeness (QED) is 0.388. The Kier molecular flexibility index (Phi) is 7.24. The van der Waals surface area contributed by atoms with Gasteiger partial charge in [-0.2, -0.15) is 0 Å². The van der Waals surface area contributed by atoms with Crippen LogP contribution in [0.3, 0.4) is 0 Å². The van der Waals surface area contributed by atoms with Gasteiger partial charge in [-0.1, -0.05) is 24.6 Å². The summed E-state index contributed by atoms with van der Waals surface area (Å²) in [7, 11) is 1.62. The van der Waals surface area contributed by atoms with Crippen LogP contribution in [0.25, 0.3) is 6.08 Å². The highest BCUT2D eigenvalue weighted by molar-refractivity contribution is 9.11. The Bertz CT molecular complexity index is 964. The minimum Gasteiger partial charge on any atom is -0.494 e. The van der Waals surface area contributed by atoms with Crippen LogP contribution in [0, 0.1) is 6.92 Å². The van der Waals surface area contributed by atoms with Crippen LogP contribution in [0.4, 0.5) is 5.69 Å². The normalized spacial score (nSPS) is 18.0. The molecule has 1 saturated heterocycles. The smallest absolute Gasteiger partial charge is 0.266 e. The minimum atomic E-state index is -0.0155. The number of methoxy groups -OCH3 is 1. The SMILES string of the molecule is CC[C@@H](C)N1C(=O)/C(=C\c2cc(Br)c(OC)c(Br)c2)SC1=Nc1ccc(C)cc1. The summed E-state index contributed by atoms with van der Waals surface area (Å²) in [4.78, 5) is 20.4. The maximum Gasteiger partial charge on any atom is 0.266 e. The van der Waals surface area contributed by atoms with Crippen molar-refractivity contribution in [1.29, 1.82) is 0 Å². The molecule has 3 rings (SSSR count). The summed E-state index contributed by atoms with van der Waals surface area (Å²) in [6.45, 7) is 6.17. The molecule has 0 N–H and O–H groups in total. The number of aliphatic imine (C=N–C) groups is 1. The van der Waals surface area contributed by atoms with E-state index in [4.69, 9.17) is 9.73 Å². The molecule has 0 saturated carbocycles. The number of ether oxygens (including phenoxy) is 1. The number of nitrogens with zero attached hydrogens (tertiary/aromatic N) is 2. The molecule has 2 aromatic carbocycles. The van der Waals surface area contributed by atoms with Gasteiger partial charge < -0.3 is 4.74 Å². The first-order valence-electron chi connectivity index (χ1n) is 9.25. The second-order valence-corrected chi connectivity index (χ2v) is 9.51. The number of hydrogen-bond acceptors (Lipinski definition) is 4. The standard InChI is InChI=1S/C22H22Br2N2O2S/c1-5-14(3)26-21(27)19(12-15-10-17(23)20(28-4)18(24)11-15)29-22(26)25-16-8-6-13(2)7-9-16/h6-12,14H,5H2,1-4H3/b19-12+,25-22?/t14-/m1/s1. The minimum absolute atomic E-state index is 0.0155. The Hall–Kier alpha value is -1.57. The number of aryl methyl sites for hydroxylation is 1. The predicted octanol–water partition coefficient (Wildman–Crippen LogP) is 6.93. The number of carbonyl (C=O) groups excluding carboxylic acids is 1. The summed E-state index contributed by atoms with van der Waals surface area (Å²) in [6.07, 6.45) is 2.75. The number of halogens is 2. The number of rotatable bonds is 5. The third kappa shape index (κ3) is 4.95. The number of carbonyl (C=O) groups is 1. The van der Waals surface area contributed by atoms with E-state index in [1.807, 2.05) is 56.3 Å². The van der Waals surface area contributed by atoms with E-state index in [0.717, 1.165) is 32.4 Å². The molecule has 1 heterocycles. The molecule has 4 nitrogen and oxygen atoms in total. The van der Waals surface area contributed by atoms with Crippen LogP contribution in [0.1, 0.15) is 31.4 Å². The molecular formula is C22H22Br2N2O2S. The molecule has 152 valence electrons. The van der Waals surface area contributed by atoms with Crippen molar-refractivity contribution in [2.24, 2.45) is 4.99 Å². The summed E-state index contributed by atoms with van der Waals surface area (Å²) in [5, 5.41) is 0.714. The van der Waals surface area contributed by atoms with Gasteiger partial charge in [0.2, 0.25) is 0 Å². The molecule has 0 aromatic heterocycles. The molecule has 1 aliphatic rings. The molecule has 7 heteroatoms. The van der Waals surface area contributed by atoms with Gasteiger partial charge in [-0.05, 0) is 99.8 Å². The van der Waals surface area contributed by atoms with Gasteiger partial charge >= 0.3 is 0 Å². The predicted molar refractivity (Wildman–Crippen MR) is 129 cm³/mol. The second kappa shape index (κ2) is 9.49. The first kappa shape index (κ1) is 22.1. The van der Waals surface area contributed by atoms with E-state index in [1.165, 1.54) is 17.3 Å². The van der Waals surface area contributed by atoms with Crippen LogP contribution in [0.15, 0.2) is 55.2 Å². The lowest BCUT2D eigenvalue weighted by Crippen LogP contribution is -2.36. The molecule has 2 aromatic rings. The summed E-state index contributed by atoms with van der Waals surface area (Å²) in [6, 6.07) is 11.9. The van der Waals surface area contributed by atoms with Crippen LogP contribution in [-0.4, -0.2) is 29.1 Å². The Morgan fingerprint density at radius 3 is 2.38 bits per heavy atom. The van der Waals surface area contributed by atoms with Crippen molar-refractivity contribution < 1.29 is 9.53 Å². The lowest BCUT2D eigenvalue weighted by Gasteiger charge is -2.22. The van der Waals surface area contributed by atoms with Crippen LogP contribution >= 0.6 is 43.6 Å². The van der Waals surface area contributed by atoms with Gasteiger partial charge in [0.25, 0.3) is 5.91 Å². The average Bonchev–Trinajstić information content (AvgIpc) is 2.98. The second-order valence-electron chi connectivity index (χ2n) is 6.79. The number of hydrogen-bond donors (Lipinski definition) is 0. The van der Waals surface area contributed by atoms with Crippen molar-refractivity contribution in [3.8, 4) is 5.75 Å². The maximum atomic E-state index is 13.2. The molecular weight excluding hydrogens is 516 g/mol. The van der Waals surface area contributed by atoms with E-state index in [-0.39, 0.29) is 11.9 Å². The summed E-state index contributed by atoms with van der Waals surface area (Å²) in [5.41, 5.74) is 2.93. The van der Waals surface area contributed by atoms with Gasteiger partial charge in [-0.3, -0.25) is 9.69 Å². The Labute approximate surface area is 192 Å². The highest BCUT2D eigenvalue weighted by Crippen LogP contribution is 2.39.